The van der Waals surface area contributed by atoms with E-state index in [0.29, 0.717) is 25.9 Å². The van der Waals surface area contributed by atoms with Crippen LogP contribution in [0, 0.1) is 0 Å². The molecule has 0 aliphatic carbocycles. The molecule has 1 heterocycles. The number of rotatable bonds is 7. The van der Waals surface area contributed by atoms with E-state index in [1.54, 1.807) is 0 Å². The maximum Gasteiger partial charge on any atom is 0.330 e. The second-order valence-electron chi connectivity index (χ2n) is 4.60. The van der Waals surface area contributed by atoms with Gasteiger partial charge in [0.25, 0.3) is 0 Å². The van der Waals surface area contributed by atoms with Crippen LogP contribution in [0.1, 0.15) is 39.5 Å². The lowest BCUT2D eigenvalue weighted by Crippen LogP contribution is -2.27. The average Bonchev–Trinajstić information content (AvgIpc) is 2.76. The number of ether oxygens (including phenoxy) is 3. The molecule has 19 heavy (non-hydrogen) atoms. The van der Waals surface area contributed by atoms with E-state index in [-0.39, 0.29) is 24.3 Å². The fraction of sp³-hybridized carbons (Fsp3) is 0.714. The lowest BCUT2D eigenvalue weighted by molar-refractivity contribution is -0.146. The van der Waals surface area contributed by atoms with E-state index < -0.39 is 5.97 Å². The number of carbonyl (C=O) groups excluding carboxylic acids is 2. The van der Waals surface area contributed by atoms with Crippen molar-refractivity contribution in [3.05, 3.63) is 12.7 Å². The first-order valence-corrected chi connectivity index (χ1v) is 6.68. The fourth-order valence-corrected chi connectivity index (χ4v) is 2.14. The third-order valence-corrected chi connectivity index (χ3v) is 3.10. The van der Waals surface area contributed by atoms with Gasteiger partial charge in [0.05, 0.1) is 18.8 Å². The van der Waals surface area contributed by atoms with E-state index in [4.69, 9.17) is 14.2 Å². The molecule has 1 aliphatic heterocycles. The highest BCUT2D eigenvalue weighted by Gasteiger charge is 2.36. The van der Waals surface area contributed by atoms with Crippen molar-refractivity contribution in [1.82, 2.24) is 0 Å². The van der Waals surface area contributed by atoms with Crippen molar-refractivity contribution in [2.75, 3.05) is 6.61 Å². The molecule has 5 nitrogen and oxygen atoms in total. The molecule has 0 aromatic heterocycles. The molecule has 0 bridgehead atoms. The van der Waals surface area contributed by atoms with Crippen molar-refractivity contribution in [3.8, 4) is 0 Å². The number of carbonyl (C=O) groups is 2. The highest BCUT2D eigenvalue weighted by Crippen LogP contribution is 2.28. The van der Waals surface area contributed by atoms with E-state index in [2.05, 4.69) is 6.58 Å². The van der Waals surface area contributed by atoms with Crippen molar-refractivity contribution in [3.63, 3.8) is 0 Å². The first-order chi connectivity index (χ1) is 9.06. The van der Waals surface area contributed by atoms with Crippen LogP contribution in [0.5, 0.6) is 0 Å². The summed E-state index contributed by atoms with van der Waals surface area (Å²) in [4.78, 5) is 21.9. The minimum Gasteiger partial charge on any atom is -0.466 e. The molecule has 0 N–H and O–H groups in total. The average molecular weight is 270 g/mol. The molecule has 5 heteroatoms. The zero-order valence-corrected chi connectivity index (χ0v) is 11.6. The zero-order valence-electron chi connectivity index (χ0n) is 11.6. The third-order valence-electron chi connectivity index (χ3n) is 3.10. The standard InChI is InChI=1S/C14H22O5/c1-4-11-9-13(19-14(16)5-2)12(18-11)7-6-8-17-10(3)15/h5,11-13H,2,4,6-9H2,1,3H3/t11-,12+,13+/m1/s1. The summed E-state index contributed by atoms with van der Waals surface area (Å²) >= 11 is 0. The highest BCUT2D eigenvalue weighted by atomic mass is 16.6. The molecule has 1 rings (SSSR count). The first-order valence-electron chi connectivity index (χ1n) is 6.68. The van der Waals surface area contributed by atoms with Crippen LogP contribution in [0.15, 0.2) is 12.7 Å². The van der Waals surface area contributed by atoms with Crippen LogP contribution < -0.4 is 0 Å². The summed E-state index contributed by atoms with van der Waals surface area (Å²) in [5.41, 5.74) is 0. The van der Waals surface area contributed by atoms with Crippen molar-refractivity contribution >= 4 is 11.9 Å². The van der Waals surface area contributed by atoms with E-state index in [1.165, 1.54) is 6.92 Å². The Hall–Kier alpha value is -1.36. The van der Waals surface area contributed by atoms with Gasteiger partial charge < -0.3 is 14.2 Å². The summed E-state index contributed by atoms with van der Waals surface area (Å²) < 4.78 is 16.0. The summed E-state index contributed by atoms with van der Waals surface area (Å²) in [6, 6.07) is 0. The summed E-state index contributed by atoms with van der Waals surface area (Å²) in [6.45, 7) is 7.18. The maximum atomic E-state index is 11.3. The van der Waals surface area contributed by atoms with Crippen LogP contribution in [0.2, 0.25) is 0 Å². The predicted molar refractivity (Wildman–Crippen MR) is 69.5 cm³/mol. The quantitative estimate of drug-likeness (QED) is 0.402. The van der Waals surface area contributed by atoms with Gasteiger partial charge in [-0.1, -0.05) is 13.5 Å². The van der Waals surface area contributed by atoms with E-state index in [1.807, 2.05) is 6.92 Å². The van der Waals surface area contributed by atoms with Gasteiger partial charge in [0, 0.05) is 19.4 Å². The lowest BCUT2D eigenvalue weighted by Gasteiger charge is -2.18. The SMILES string of the molecule is C=CC(=O)O[C@H]1C[C@@H](CC)O[C@H]1CCCOC(C)=O. The van der Waals surface area contributed by atoms with Gasteiger partial charge in [0.15, 0.2) is 0 Å². The van der Waals surface area contributed by atoms with E-state index >= 15 is 0 Å². The summed E-state index contributed by atoms with van der Waals surface area (Å²) in [5.74, 6) is -0.705. The molecule has 1 aliphatic rings. The van der Waals surface area contributed by atoms with Crippen LogP contribution in [0.4, 0.5) is 0 Å². The second kappa shape index (κ2) is 7.94. The van der Waals surface area contributed by atoms with Gasteiger partial charge in [-0.25, -0.2) is 4.79 Å². The molecule has 1 fully saturated rings. The summed E-state index contributed by atoms with van der Waals surface area (Å²) in [5, 5.41) is 0. The second-order valence-corrected chi connectivity index (χ2v) is 4.60. The third kappa shape index (κ3) is 5.42. The number of esters is 2. The minimum absolute atomic E-state index is 0.121. The Labute approximate surface area is 113 Å². The molecular formula is C14H22O5. The van der Waals surface area contributed by atoms with Gasteiger partial charge in [0.1, 0.15) is 6.10 Å². The lowest BCUT2D eigenvalue weighted by atomic mass is 10.1. The Morgan fingerprint density at radius 2 is 2.21 bits per heavy atom. The predicted octanol–water partition coefficient (Wildman–Crippen LogP) is 1.99. The van der Waals surface area contributed by atoms with Crippen molar-refractivity contribution in [2.45, 2.75) is 57.8 Å². The minimum atomic E-state index is -0.421. The Balaban J connectivity index is 2.40. The van der Waals surface area contributed by atoms with Gasteiger partial charge in [-0.2, -0.15) is 0 Å². The molecule has 3 atom stereocenters. The van der Waals surface area contributed by atoms with Gasteiger partial charge in [-0.3, -0.25) is 4.79 Å². The molecule has 0 aromatic carbocycles. The fourth-order valence-electron chi connectivity index (χ4n) is 2.14. The molecule has 0 radical (unpaired) electrons. The molecular weight excluding hydrogens is 248 g/mol. The molecule has 1 saturated heterocycles. The van der Waals surface area contributed by atoms with Crippen LogP contribution >= 0.6 is 0 Å². The van der Waals surface area contributed by atoms with E-state index in [0.717, 1.165) is 12.5 Å². The summed E-state index contributed by atoms with van der Waals surface area (Å²) in [7, 11) is 0. The molecule has 108 valence electrons. The normalized spacial score (nSPS) is 25.9. The molecule has 0 amide bonds. The van der Waals surface area contributed by atoms with Crippen LogP contribution in [-0.2, 0) is 23.8 Å². The van der Waals surface area contributed by atoms with Crippen molar-refractivity contribution in [1.29, 1.82) is 0 Å². The topological polar surface area (TPSA) is 61.8 Å². The smallest absolute Gasteiger partial charge is 0.330 e. The van der Waals surface area contributed by atoms with Gasteiger partial charge in [-0.15, -0.1) is 0 Å². The Bertz CT molecular complexity index is 326. The molecule has 0 aromatic rings. The maximum absolute atomic E-state index is 11.3. The molecule has 0 saturated carbocycles. The Morgan fingerprint density at radius 1 is 1.47 bits per heavy atom. The van der Waals surface area contributed by atoms with Crippen LogP contribution in [0.25, 0.3) is 0 Å². The van der Waals surface area contributed by atoms with Crippen LogP contribution in [0.3, 0.4) is 0 Å². The van der Waals surface area contributed by atoms with Crippen molar-refractivity contribution in [2.24, 2.45) is 0 Å². The molecule has 0 unspecified atom stereocenters. The Morgan fingerprint density at radius 3 is 2.79 bits per heavy atom. The molecule has 0 spiro atoms. The largest absolute Gasteiger partial charge is 0.466 e. The van der Waals surface area contributed by atoms with Crippen LogP contribution in [-0.4, -0.2) is 36.9 Å². The first kappa shape index (κ1) is 15.7. The van der Waals surface area contributed by atoms with Crippen molar-refractivity contribution < 1.29 is 23.8 Å². The zero-order chi connectivity index (χ0) is 14.3. The van der Waals surface area contributed by atoms with Gasteiger partial charge in [-0.05, 0) is 19.3 Å². The monoisotopic (exact) mass is 270 g/mol. The number of hydrogen-bond donors (Lipinski definition) is 0. The van der Waals surface area contributed by atoms with Gasteiger partial charge >= 0.3 is 11.9 Å². The number of hydrogen-bond acceptors (Lipinski definition) is 5. The van der Waals surface area contributed by atoms with E-state index in [9.17, 15) is 9.59 Å². The summed E-state index contributed by atoms with van der Waals surface area (Å²) in [6.07, 6.45) is 3.95. The Kier molecular flexibility index (Phi) is 6.56. The highest BCUT2D eigenvalue weighted by molar-refractivity contribution is 5.81. The van der Waals surface area contributed by atoms with Gasteiger partial charge in [0.2, 0.25) is 0 Å².